The molecule has 0 radical (unpaired) electrons. The largest absolute Gasteiger partial charge is 0.323 e. The summed E-state index contributed by atoms with van der Waals surface area (Å²) in [4.78, 5) is 21.5. The second-order valence-electron chi connectivity index (χ2n) is 5.68. The number of rotatable bonds is 4. The quantitative estimate of drug-likeness (QED) is 0.622. The molecule has 0 aliphatic heterocycles. The van der Waals surface area contributed by atoms with Gasteiger partial charge in [-0.1, -0.05) is 42.5 Å². The molecule has 2 aromatic carbocycles. The molecule has 0 spiro atoms. The van der Waals surface area contributed by atoms with Crippen LogP contribution in [0, 0.1) is 0 Å². The first kappa shape index (κ1) is 15.1. The molecular weight excluding hydrogens is 312 g/mol. The zero-order chi connectivity index (χ0) is 17.1. The zero-order valence-corrected chi connectivity index (χ0v) is 13.4. The molecule has 4 aromatic rings. The maximum Gasteiger partial charge on any atom is 0.252 e. The van der Waals surface area contributed by atoms with Crippen molar-refractivity contribution in [1.82, 2.24) is 14.5 Å². The van der Waals surface area contributed by atoms with Gasteiger partial charge in [0.25, 0.3) is 5.91 Å². The van der Waals surface area contributed by atoms with Crippen molar-refractivity contribution in [1.29, 1.82) is 0 Å². The highest BCUT2D eigenvalue weighted by atomic mass is 16.2. The maximum absolute atomic E-state index is 13.1. The Morgan fingerprint density at radius 1 is 0.960 bits per heavy atom. The first-order valence-corrected chi connectivity index (χ1v) is 8.00. The third kappa shape index (κ3) is 2.99. The lowest BCUT2D eigenvalue weighted by molar-refractivity contribution is -0.118. The fraction of sp³-hybridized carbons (Fsp3) is 0.0500. The van der Waals surface area contributed by atoms with Crippen molar-refractivity contribution < 1.29 is 4.79 Å². The van der Waals surface area contributed by atoms with Crippen LogP contribution >= 0.6 is 0 Å². The fourth-order valence-electron chi connectivity index (χ4n) is 2.90. The highest BCUT2D eigenvalue weighted by molar-refractivity contribution is 5.96. The molecule has 0 unspecified atom stereocenters. The highest BCUT2D eigenvalue weighted by Crippen LogP contribution is 2.25. The number of imidazole rings is 1. The molecule has 2 aromatic heterocycles. The van der Waals surface area contributed by atoms with Gasteiger partial charge in [-0.05, 0) is 29.8 Å². The summed E-state index contributed by atoms with van der Waals surface area (Å²) >= 11 is 0. The summed E-state index contributed by atoms with van der Waals surface area (Å²) < 4.78 is 1.90. The Bertz CT molecular complexity index is 996. The standard InChI is InChI=1S/C20H16N4O/c25-20(23-16-9-6-12-21-13-16)19(15-7-2-1-3-8-15)24-14-22-17-10-4-5-11-18(17)24/h1-14,19H,(H,23,25)/t19-/m0/s1. The average molecular weight is 328 g/mol. The number of hydrogen-bond acceptors (Lipinski definition) is 3. The molecule has 0 bridgehead atoms. The molecule has 0 saturated heterocycles. The van der Waals surface area contributed by atoms with Crippen LogP contribution in [0.1, 0.15) is 11.6 Å². The van der Waals surface area contributed by atoms with Gasteiger partial charge >= 0.3 is 0 Å². The lowest BCUT2D eigenvalue weighted by Gasteiger charge is -2.19. The molecule has 0 saturated carbocycles. The van der Waals surface area contributed by atoms with Crippen molar-refractivity contribution in [3.8, 4) is 0 Å². The summed E-state index contributed by atoms with van der Waals surface area (Å²) in [5, 5.41) is 2.94. The van der Waals surface area contributed by atoms with E-state index in [1.807, 2.05) is 65.2 Å². The van der Waals surface area contributed by atoms with Gasteiger partial charge < -0.3 is 9.88 Å². The SMILES string of the molecule is O=C(Nc1cccnc1)[C@H](c1ccccc1)n1cnc2ccccc21. The Hall–Kier alpha value is -3.47. The number of anilines is 1. The minimum absolute atomic E-state index is 0.137. The summed E-state index contributed by atoms with van der Waals surface area (Å²) in [6, 6.07) is 20.6. The summed E-state index contributed by atoms with van der Waals surface area (Å²) in [6.07, 6.45) is 5.02. The highest BCUT2D eigenvalue weighted by Gasteiger charge is 2.24. The Balaban J connectivity index is 1.78. The van der Waals surface area contributed by atoms with Gasteiger partial charge in [0.2, 0.25) is 0 Å². The number of pyridine rings is 1. The number of carbonyl (C=O) groups is 1. The van der Waals surface area contributed by atoms with E-state index in [0.29, 0.717) is 5.69 Å². The molecule has 2 heterocycles. The van der Waals surface area contributed by atoms with Crippen molar-refractivity contribution in [2.45, 2.75) is 6.04 Å². The molecule has 1 atom stereocenters. The van der Waals surface area contributed by atoms with Crippen LogP contribution in [0.2, 0.25) is 0 Å². The fourth-order valence-corrected chi connectivity index (χ4v) is 2.90. The van der Waals surface area contributed by atoms with Gasteiger partial charge in [0.1, 0.15) is 6.04 Å². The van der Waals surface area contributed by atoms with Gasteiger partial charge in [0.15, 0.2) is 0 Å². The maximum atomic E-state index is 13.1. The van der Waals surface area contributed by atoms with Crippen LogP contribution < -0.4 is 5.32 Å². The molecule has 122 valence electrons. The average Bonchev–Trinajstić information content (AvgIpc) is 3.08. The van der Waals surface area contributed by atoms with Gasteiger partial charge in [0.05, 0.1) is 29.2 Å². The molecular formula is C20H16N4O. The van der Waals surface area contributed by atoms with E-state index in [9.17, 15) is 4.79 Å². The van der Waals surface area contributed by atoms with Crippen LogP contribution in [-0.2, 0) is 4.79 Å². The molecule has 0 fully saturated rings. The number of hydrogen-bond donors (Lipinski definition) is 1. The van der Waals surface area contributed by atoms with Gasteiger partial charge in [-0.3, -0.25) is 9.78 Å². The topological polar surface area (TPSA) is 59.8 Å². The summed E-state index contributed by atoms with van der Waals surface area (Å²) in [6.45, 7) is 0. The molecule has 1 N–H and O–H groups in total. The van der Waals surface area contributed by atoms with Crippen LogP contribution in [0.3, 0.4) is 0 Å². The number of aromatic nitrogens is 3. The Labute approximate surface area is 145 Å². The predicted molar refractivity (Wildman–Crippen MR) is 97.2 cm³/mol. The van der Waals surface area contributed by atoms with Gasteiger partial charge in [-0.2, -0.15) is 0 Å². The number of fused-ring (bicyclic) bond motifs is 1. The van der Waals surface area contributed by atoms with Crippen molar-refractivity contribution in [2.75, 3.05) is 5.32 Å². The van der Waals surface area contributed by atoms with Crippen molar-refractivity contribution in [3.05, 3.63) is 91.0 Å². The summed E-state index contributed by atoms with van der Waals surface area (Å²) in [5.41, 5.74) is 3.33. The van der Waals surface area contributed by atoms with E-state index in [2.05, 4.69) is 15.3 Å². The number of para-hydroxylation sites is 2. The van der Waals surface area contributed by atoms with Crippen LogP contribution in [0.5, 0.6) is 0 Å². The Kier molecular flexibility index (Phi) is 3.96. The van der Waals surface area contributed by atoms with Crippen LogP contribution in [0.25, 0.3) is 11.0 Å². The van der Waals surface area contributed by atoms with Crippen molar-refractivity contribution in [3.63, 3.8) is 0 Å². The predicted octanol–water partition coefficient (Wildman–Crippen LogP) is 3.66. The number of nitrogens with one attached hydrogen (secondary N) is 1. The van der Waals surface area contributed by atoms with E-state index in [0.717, 1.165) is 16.6 Å². The number of amides is 1. The molecule has 5 nitrogen and oxygen atoms in total. The molecule has 1 amide bonds. The first-order chi connectivity index (χ1) is 12.3. The monoisotopic (exact) mass is 328 g/mol. The van der Waals surface area contributed by atoms with Crippen molar-refractivity contribution >= 4 is 22.6 Å². The zero-order valence-electron chi connectivity index (χ0n) is 13.4. The summed E-state index contributed by atoms with van der Waals surface area (Å²) in [5.74, 6) is -0.137. The van der Waals surface area contributed by atoms with Crippen LogP contribution in [0.4, 0.5) is 5.69 Å². The smallest absolute Gasteiger partial charge is 0.252 e. The minimum atomic E-state index is -0.520. The second kappa shape index (κ2) is 6.57. The van der Waals surface area contributed by atoms with E-state index in [-0.39, 0.29) is 5.91 Å². The van der Waals surface area contributed by atoms with Gasteiger partial charge in [-0.25, -0.2) is 4.98 Å². The van der Waals surface area contributed by atoms with Gasteiger partial charge in [0, 0.05) is 6.20 Å². The second-order valence-corrected chi connectivity index (χ2v) is 5.68. The van der Waals surface area contributed by atoms with Gasteiger partial charge in [-0.15, -0.1) is 0 Å². The Morgan fingerprint density at radius 2 is 1.76 bits per heavy atom. The molecule has 0 aliphatic carbocycles. The van der Waals surface area contributed by atoms with Crippen molar-refractivity contribution in [2.24, 2.45) is 0 Å². The molecule has 0 aliphatic rings. The van der Waals surface area contributed by atoms with E-state index in [1.54, 1.807) is 24.8 Å². The van der Waals surface area contributed by atoms with Crippen LogP contribution in [-0.4, -0.2) is 20.4 Å². The van der Waals surface area contributed by atoms with E-state index >= 15 is 0 Å². The summed E-state index contributed by atoms with van der Waals surface area (Å²) in [7, 11) is 0. The van der Waals surface area contributed by atoms with Crippen LogP contribution in [0.15, 0.2) is 85.5 Å². The van der Waals surface area contributed by atoms with E-state index < -0.39 is 6.04 Å². The number of benzene rings is 2. The lowest BCUT2D eigenvalue weighted by Crippen LogP contribution is -2.26. The molecule has 5 heteroatoms. The normalized spacial score (nSPS) is 12.0. The van der Waals surface area contributed by atoms with E-state index in [1.165, 1.54) is 0 Å². The molecule has 4 rings (SSSR count). The molecule has 25 heavy (non-hydrogen) atoms. The third-order valence-corrected chi connectivity index (χ3v) is 4.05. The third-order valence-electron chi connectivity index (χ3n) is 4.05. The lowest BCUT2D eigenvalue weighted by atomic mass is 10.1. The number of nitrogens with zero attached hydrogens (tertiary/aromatic N) is 3. The first-order valence-electron chi connectivity index (χ1n) is 8.00. The number of carbonyl (C=O) groups excluding carboxylic acids is 1. The van der Waals surface area contributed by atoms with E-state index in [4.69, 9.17) is 0 Å². The minimum Gasteiger partial charge on any atom is -0.323 e. The Morgan fingerprint density at radius 3 is 2.56 bits per heavy atom.